The van der Waals surface area contributed by atoms with Crippen LogP contribution in [0.5, 0.6) is 0 Å². The van der Waals surface area contributed by atoms with E-state index in [0.717, 1.165) is 42.3 Å². The second-order valence-electron chi connectivity index (χ2n) is 6.15. The van der Waals surface area contributed by atoms with Gasteiger partial charge in [0.05, 0.1) is 12.5 Å². The molecule has 1 aliphatic heterocycles. The van der Waals surface area contributed by atoms with E-state index in [1.54, 1.807) is 6.20 Å². The van der Waals surface area contributed by atoms with Crippen LogP contribution in [0.3, 0.4) is 0 Å². The number of fused-ring (bicyclic) bond motifs is 1. The minimum absolute atomic E-state index is 0.0538. The Bertz CT molecular complexity index is 757. The smallest absolute Gasteiger partial charge is 0.228 e. The molecule has 1 N–H and O–H groups in total. The van der Waals surface area contributed by atoms with Crippen LogP contribution in [0, 0.1) is 17.2 Å². The Labute approximate surface area is 135 Å². The van der Waals surface area contributed by atoms with Gasteiger partial charge in [0, 0.05) is 17.5 Å². The predicted octanol–water partition coefficient (Wildman–Crippen LogP) is 2.58. The molecule has 1 aromatic carbocycles. The molecule has 23 heavy (non-hydrogen) atoms. The van der Waals surface area contributed by atoms with Gasteiger partial charge in [0.15, 0.2) is 0 Å². The number of hydrogen-bond donors (Lipinski definition) is 1. The first-order valence-electron chi connectivity index (χ1n) is 7.91. The zero-order valence-electron chi connectivity index (χ0n) is 13.2. The zero-order chi connectivity index (χ0) is 16.2. The topological polar surface area (TPSA) is 69.0 Å². The van der Waals surface area contributed by atoms with Crippen molar-refractivity contribution in [2.45, 2.75) is 19.3 Å². The number of nitrogens with one attached hydrogen (secondary N) is 1. The maximum Gasteiger partial charge on any atom is 0.228 e. The summed E-state index contributed by atoms with van der Waals surface area (Å²) >= 11 is 0. The third-order valence-corrected chi connectivity index (χ3v) is 4.41. The number of nitriles is 1. The Morgan fingerprint density at radius 3 is 2.87 bits per heavy atom. The molecule has 1 saturated heterocycles. The van der Waals surface area contributed by atoms with Crippen molar-refractivity contribution in [3.05, 3.63) is 36.0 Å². The van der Waals surface area contributed by atoms with Crippen molar-refractivity contribution in [1.29, 1.82) is 5.26 Å². The molecule has 1 aromatic heterocycles. The van der Waals surface area contributed by atoms with Gasteiger partial charge in [0.25, 0.3) is 0 Å². The maximum atomic E-state index is 12.4. The Morgan fingerprint density at radius 1 is 1.35 bits per heavy atom. The van der Waals surface area contributed by atoms with Crippen LogP contribution in [0.4, 0.5) is 5.82 Å². The third kappa shape index (κ3) is 3.66. The van der Waals surface area contributed by atoms with Crippen LogP contribution in [0.25, 0.3) is 10.8 Å². The summed E-state index contributed by atoms with van der Waals surface area (Å²) in [5, 5.41) is 13.7. The molecule has 5 nitrogen and oxygen atoms in total. The molecule has 5 heteroatoms. The first-order valence-corrected chi connectivity index (χ1v) is 7.91. The first-order chi connectivity index (χ1) is 11.2. The lowest BCUT2D eigenvalue weighted by atomic mass is 9.96. The number of carbonyl (C=O) groups excluding carboxylic acids is 1. The summed E-state index contributed by atoms with van der Waals surface area (Å²) in [6, 6.07) is 9.90. The summed E-state index contributed by atoms with van der Waals surface area (Å²) in [7, 11) is 2.08. The number of benzene rings is 1. The van der Waals surface area contributed by atoms with Gasteiger partial charge >= 0.3 is 0 Å². The van der Waals surface area contributed by atoms with Gasteiger partial charge in [0.1, 0.15) is 5.82 Å². The monoisotopic (exact) mass is 308 g/mol. The number of aromatic nitrogens is 1. The summed E-state index contributed by atoms with van der Waals surface area (Å²) in [6.45, 7) is 1.92. The van der Waals surface area contributed by atoms with E-state index in [1.165, 1.54) is 0 Å². The summed E-state index contributed by atoms with van der Waals surface area (Å²) in [6.07, 6.45) is 3.93. The van der Waals surface area contributed by atoms with Crippen molar-refractivity contribution in [2.24, 2.45) is 5.92 Å². The zero-order valence-corrected chi connectivity index (χ0v) is 13.2. The largest absolute Gasteiger partial charge is 0.310 e. The van der Waals surface area contributed by atoms with Gasteiger partial charge in [-0.3, -0.25) is 4.79 Å². The van der Waals surface area contributed by atoms with E-state index < -0.39 is 0 Å². The van der Waals surface area contributed by atoms with Crippen molar-refractivity contribution < 1.29 is 4.79 Å². The summed E-state index contributed by atoms with van der Waals surface area (Å²) in [5.41, 5.74) is 0.971. The number of pyridine rings is 1. The Morgan fingerprint density at radius 2 is 2.13 bits per heavy atom. The number of hydrogen-bond acceptors (Lipinski definition) is 4. The fourth-order valence-corrected chi connectivity index (χ4v) is 2.96. The van der Waals surface area contributed by atoms with Gasteiger partial charge in [0.2, 0.25) is 5.91 Å². The highest BCUT2D eigenvalue weighted by molar-refractivity contribution is 5.94. The molecule has 118 valence electrons. The normalized spacial score (nSPS) is 16.2. The van der Waals surface area contributed by atoms with Crippen LogP contribution in [-0.4, -0.2) is 35.9 Å². The van der Waals surface area contributed by atoms with Crippen LogP contribution >= 0.6 is 0 Å². The number of likely N-dealkylation sites (tertiary alicyclic amines) is 1. The molecule has 0 aliphatic carbocycles. The molecule has 2 heterocycles. The number of rotatable bonds is 3. The fraction of sp³-hybridized carbons (Fsp3) is 0.389. The Kier molecular flexibility index (Phi) is 4.54. The molecular formula is C18H20N4O. The molecule has 0 saturated carbocycles. The van der Waals surface area contributed by atoms with Crippen molar-refractivity contribution in [2.75, 3.05) is 25.5 Å². The summed E-state index contributed by atoms with van der Waals surface area (Å²) < 4.78 is 0. The molecule has 3 rings (SSSR count). The molecule has 0 radical (unpaired) electrons. The first kappa shape index (κ1) is 15.4. The number of piperidine rings is 1. The summed E-state index contributed by atoms with van der Waals surface area (Å²) in [4.78, 5) is 18.9. The van der Waals surface area contributed by atoms with Crippen LogP contribution in [0.1, 0.15) is 18.4 Å². The van der Waals surface area contributed by atoms with Gasteiger partial charge in [-0.2, -0.15) is 5.26 Å². The molecule has 1 amide bonds. The summed E-state index contributed by atoms with van der Waals surface area (Å²) in [5.74, 6) is 0.697. The second kappa shape index (κ2) is 6.76. The Balaban J connectivity index is 1.74. The quantitative estimate of drug-likeness (QED) is 0.946. The lowest BCUT2D eigenvalue weighted by Gasteiger charge is -2.27. The minimum atomic E-state index is 0.0538. The molecule has 0 bridgehead atoms. The SMILES string of the molecule is CN1CCC(C(=O)Nc2cc3cc(CC#N)ccc3cn2)CC1. The minimum Gasteiger partial charge on any atom is -0.310 e. The van der Waals surface area contributed by atoms with Gasteiger partial charge in [-0.25, -0.2) is 4.98 Å². The molecule has 1 fully saturated rings. The van der Waals surface area contributed by atoms with Crippen LogP contribution in [-0.2, 0) is 11.2 Å². The van der Waals surface area contributed by atoms with Crippen LogP contribution < -0.4 is 5.32 Å². The van der Waals surface area contributed by atoms with E-state index in [0.29, 0.717) is 12.2 Å². The number of anilines is 1. The molecule has 1 aliphatic rings. The lowest BCUT2D eigenvalue weighted by molar-refractivity contribution is -0.121. The molecule has 0 unspecified atom stereocenters. The predicted molar refractivity (Wildman–Crippen MR) is 89.9 cm³/mol. The van der Waals surface area contributed by atoms with Crippen molar-refractivity contribution in [1.82, 2.24) is 9.88 Å². The van der Waals surface area contributed by atoms with E-state index in [2.05, 4.69) is 28.3 Å². The lowest BCUT2D eigenvalue weighted by Crippen LogP contribution is -2.36. The third-order valence-electron chi connectivity index (χ3n) is 4.41. The second-order valence-corrected chi connectivity index (χ2v) is 6.15. The highest BCUT2D eigenvalue weighted by Gasteiger charge is 2.23. The van der Waals surface area contributed by atoms with E-state index in [4.69, 9.17) is 5.26 Å². The van der Waals surface area contributed by atoms with Crippen LogP contribution in [0.2, 0.25) is 0 Å². The standard InChI is InChI=1S/C18H20N4O/c1-22-8-5-14(6-9-22)18(23)21-17-11-16-10-13(4-7-19)2-3-15(16)12-20-17/h2-3,10-12,14H,4-6,8-9H2,1H3,(H,20,21,23). The molecule has 0 spiro atoms. The highest BCUT2D eigenvalue weighted by Crippen LogP contribution is 2.21. The van der Waals surface area contributed by atoms with E-state index >= 15 is 0 Å². The van der Waals surface area contributed by atoms with Gasteiger partial charge < -0.3 is 10.2 Å². The van der Waals surface area contributed by atoms with Crippen molar-refractivity contribution in [3.8, 4) is 6.07 Å². The van der Waals surface area contributed by atoms with E-state index in [-0.39, 0.29) is 11.8 Å². The number of amides is 1. The van der Waals surface area contributed by atoms with E-state index in [1.807, 2.05) is 24.3 Å². The number of carbonyl (C=O) groups is 1. The molecular weight excluding hydrogens is 288 g/mol. The van der Waals surface area contributed by atoms with Crippen molar-refractivity contribution in [3.63, 3.8) is 0 Å². The van der Waals surface area contributed by atoms with Gasteiger partial charge in [-0.15, -0.1) is 0 Å². The van der Waals surface area contributed by atoms with Gasteiger partial charge in [-0.1, -0.05) is 12.1 Å². The van der Waals surface area contributed by atoms with Crippen molar-refractivity contribution >= 4 is 22.5 Å². The van der Waals surface area contributed by atoms with E-state index in [9.17, 15) is 4.79 Å². The molecule has 0 atom stereocenters. The fourth-order valence-electron chi connectivity index (χ4n) is 2.96. The van der Waals surface area contributed by atoms with Gasteiger partial charge in [-0.05, 0) is 56.1 Å². The highest BCUT2D eigenvalue weighted by atomic mass is 16.1. The number of nitrogens with zero attached hydrogens (tertiary/aromatic N) is 3. The van der Waals surface area contributed by atoms with Crippen LogP contribution in [0.15, 0.2) is 30.5 Å². The Hall–Kier alpha value is -2.45. The maximum absolute atomic E-state index is 12.4. The average Bonchev–Trinajstić information content (AvgIpc) is 2.55. The average molecular weight is 308 g/mol. The molecule has 2 aromatic rings.